The number of hydrogen-bond acceptors (Lipinski definition) is 4. The molecule has 31 heavy (non-hydrogen) atoms. The first-order valence-electron chi connectivity index (χ1n) is 11.3. The van der Waals surface area contributed by atoms with Crippen LogP contribution in [-0.2, 0) is 0 Å². The number of aliphatic imine (C=N–C) groups is 1. The monoisotopic (exact) mass is 422 g/mol. The summed E-state index contributed by atoms with van der Waals surface area (Å²) < 4.78 is 11.1. The van der Waals surface area contributed by atoms with Gasteiger partial charge >= 0.3 is 0 Å². The average Bonchev–Trinajstić information content (AvgIpc) is 3.36. The summed E-state index contributed by atoms with van der Waals surface area (Å²) in [5.41, 5.74) is 2.59. The standard InChI is InChI=1S/C25H34N4O2/c1-26-25(27-17-20-13-16-31-24-8-4-3-7-22(20)24)28-18-23(29-14-5-6-15-29)19-9-11-21(30-2)12-10-19/h3-4,7-12,20,23H,5-6,13-18H2,1-2H3,(H2,26,27,28). The zero-order valence-electron chi connectivity index (χ0n) is 18.6. The van der Waals surface area contributed by atoms with Crippen LogP contribution in [0, 0.1) is 0 Å². The summed E-state index contributed by atoms with van der Waals surface area (Å²) in [6.07, 6.45) is 3.55. The Bertz CT molecular complexity index is 862. The molecule has 166 valence electrons. The second-order valence-corrected chi connectivity index (χ2v) is 8.24. The summed E-state index contributed by atoms with van der Waals surface area (Å²) in [6.45, 7) is 4.71. The minimum Gasteiger partial charge on any atom is -0.497 e. The third kappa shape index (κ3) is 5.31. The van der Waals surface area contributed by atoms with Crippen LogP contribution >= 0.6 is 0 Å². The number of likely N-dealkylation sites (tertiary alicyclic amines) is 1. The quantitative estimate of drug-likeness (QED) is 0.528. The number of hydrogen-bond donors (Lipinski definition) is 2. The molecule has 6 heteroatoms. The molecular formula is C25H34N4O2. The highest BCUT2D eigenvalue weighted by Gasteiger charge is 2.24. The molecule has 2 atom stereocenters. The van der Waals surface area contributed by atoms with E-state index in [1.165, 1.54) is 24.0 Å². The maximum atomic E-state index is 5.80. The fourth-order valence-corrected chi connectivity index (χ4v) is 4.60. The largest absolute Gasteiger partial charge is 0.497 e. The van der Waals surface area contributed by atoms with Crippen LogP contribution in [0.5, 0.6) is 11.5 Å². The number of rotatable bonds is 7. The third-order valence-corrected chi connectivity index (χ3v) is 6.37. The van der Waals surface area contributed by atoms with Gasteiger partial charge < -0.3 is 20.1 Å². The van der Waals surface area contributed by atoms with Crippen LogP contribution in [0.25, 0.3) is 0 Å². The van der Waals surface area contributed by atoms with Crippen LogP contribution in [0.2, 0.25) is 0 Å². The van der Waals surface area contributed by atoms with Crippen LogP contribution in [-0.4, -0.2) is 57.8 Å². The Labute approximate surface area is 185 Å². The highest BCUT2D eigenvalue weighted by atomic mass is 16.5. The van der Waals surface area contributed by atoms with E-state index in [0.717, 1.165) is 56.7 Å². The van der Waals surface area contributed by atoms with Gasteiger partial charge in [-0.25, -0.2) is 0 Å². The average molecular weight is 423 g/mol. The second kappa shape index (κ2) is 10.5. The topological polar surface area (TPSA) is 58.1 Å². The Morgan fingerprint density at radius 2 is 1.90 bits per heavy atom. The zero-order chi connectivity index (χ0) is 21.5. The van der Waals surface area contributed by atoms with Gasteiger partial charge in [0.25, 0.3) is 0 Å². The molecule has 4 rings (SSSR count). The molecule has 1 saturated heterocycles. The third-order valence-electron chi connectivity index (χ3n) is 6.37. The van der Waals surface area contributed by atoms with Crippen molar-refractivity contribution < 1.29 is 9.47 Å². The van der Waals surface area contributed by atoms with Gasteiger partial charge in [0.05, 0.1) is 19.8 Å². The Hall–Kier alpha value is -2.73. The van der Waals surface area contributed by atoms with Crippen LogP contribution in [0.15, 0.2) is 53.5 Å². The van der Waals surface area contributed by atoms with E-state index in [1.807, 2.05) is 25.2 Å². The van der Waals surface area contributed by atoms with Gasteiger partial charge in [-0.05, 0) is 61.7 Å². The number of methoxy groups -OCH3 is 1. The highest BCUT2D eigenvalue weighted by Crippen LogP contribution is 2.32. The molecule has 0 saturated carbocycles. The van der Waals surface area contributed by atoms with Gasteiger partial charge in [0.1, 0.15) is 11.5 Å². The first-order chi connectivity index (χ1) is 15.3. The maximum Gasteiger partial charge on any atom is 0.191 e. The lowest BCUT2D eigenvalue weighted by molar-refractivity contribution is 0.245. The fraction of sp³-hybridized carbons (Fsp3) is 0.480. The lowest BCUT2D eigenvalue weighted by Gasteiger charge is -2.30. The predicted octanol–water partition coefficient (Wildman–Crippen LogP) is 3.56. The SMILES string of the molecule is CN=C(NCC1CCOc2ccccc21)NCC(c1ccc(OC)cc1)N1CCCC1. The second-order valence-electron chi connectivity index (χ2n) is 8.24. The number of ether oxygens (including phenoxy) is 2. The predicted molar refractivity (Wildman–Crippen MR) is 125 cm³/mol. The molecule has 2 N–H and O–H groups in total. The van der Waals surface area contributed by atoms with Crippen LogP contribution in [0.4, 0.5) is 0 Å². The minimum atomic E-state index is 0.316. The van der Waals surface area contributed by atoms with Crippen molar-refractivity contribution in [2.45, 2.75) is 31.2 Å². The molecule has 1 fully saturated rings. The summed E-state index contributed by atoms with van der Waals surface area (Å²) in [4.78, 5) is 7.04. The first kappa shape index (κ1) is 21.5. The lowest BCUT2D eigenvalue weighted by atomic mass is 9.93. The molecule has 0 aliphatic carbocycles. The molecular weight excluding hydrogens is 388 g/mol. The van der Waals surface area contributed by atoms with Crippen molar-refractivity contribution >= 4 is 5.96 Å². The molecule has 0 amide bonds. The normalized spacial score (nSPS) is 19.9. The van der Waals surface area contributed by atoms with E-state index in [2.05, 4.69) is 50.9 Å². The van der Waals surface area contributed by atoms with E-state index in [0.29, 0.717) is 12.0 Å². The van der Waals surface area contributed by atoms with Gasteiger partial charge in [-0.2, -0.15) is 0 Å². The number of para-hydroxylation sites is 1. The summed E-state index contributed by atoms with van der Waals surface area (Å²) >= 11 is 0. The highest BCUT2D eigenvalue weighted by molar-refractivity contribution is 5.79. The maximum absolute atomic E-state index is 5.80. The Morgan fingerprint density at radius 1 is 1.13 bits per heavy atom. The molecule has 2 aromatic rings. The van der Waals surface area contributed by atoms with Crippen molar-refractivity contribution in [3.63, 3.8) is 0 Å². The van der Waals surface area contributed by atoms with Crippen LogP contribution < -0.4 is 20.1 Å². The molecule has 0 aromatic heterocycles. The van der Waals surface area contributed by atoms with Gasteiger partial charge in [-0.3, -0.25) is 9.89 Å². The minimum absolute atomic E-state index is 0.316. The summed E-state index contributed by atoms with van der Waals surface area (Å²) in [5, 5.41) is 7.11. The van der Waals surface area contributed by atoms with Crippen molar-refractivity contribution in [3.05, 3.63) is 59.7 Å². The molecule has 2 aliphatic heterocycles. The summed E-state index contributed by atoms with van der Waals surface area (Å²) in [5.74, 6) is 3.18. The zero-order valence-corrected chi connectivity index (χ0v) is 18.6. The Kier molecular flexibility index (Phi) is 7.30. The van der Waals surface area contributed by atoms with Gasteiger partial charge in [-0.15, -0.1) is 0 Å². The van der Waals surface area contributed by atoms with Gasteiger partial charge in [0.15, 0.2) is 5.96 Å². The molecule has 0 spiro atoms. The van der Waals surface area contributed by atoms with E-state index >= 15 is 0 Å². The Morgan fingerprint density at radius 3 is 2.65 bits per heavy atom. The number of nitrogens with zero attached hydrogens (tertiary/aromatic N) is 2. The summed E-state index contributed by atoms with van der Waals surface area (Å²) in [7, 11) is 3.55. The molecule has 2 aliphatic rings. The van der Waals surface area contributed by atoms with E-state index in [9.17, 15) is 0 Å². The lowest BCUT2D eigenvalue weighted by Crippen LogP contribution is -2.44. The van der Waals surface area contributed by atoms with Gasteiger partial charge in [-0.1, -0.05) is 30.3 Å². The molecule has 6 nitrogen and oxygen atoms in total. The number of fused-ring (bicyclic) bond motifs is 1. The van der Waals surface area contributed by atoms with Crippen LogP contribution in [0.3, 0.4) is 0 Å². The first-order valence-corrected chi connectivity index (χ1v) is 11.3. The van der Waals surface area contributed by atoms with E-state index in [-0.39, 0.29) is 0 Å². The number of guanidine groups is 1. The summed E-state index contributed by atoms with van der Waals surface area (Å²) in [6, 6.07) is 17.1. The fourth-order valence-electron chi connectivity index (χ4n) is 4.60. The molecule has 2 heterocycles. The van der Waals surface area contributed by atoms with Crippen molar-refractivity contribution in [1.82, 2.24) is 15.5 Å². The van der Waals surface area contributed by atoms with Crippen molar-refractivity contribution in [1.29, 1.82) is 0 Å². The molecule has 2 unspecified atom stereocenters. The van der Waals surface area contributed by atoms with Gasteiger partial charge in [0.2, 0.25) is 0 Å². The van der Waals surface area contributed by atoms with E-state index < -0.39 is 0 Å². The number of nitrogens with one attached hydrogen (secondary N) is 2. The van der Waals surface area contributed by atoms with Crippen molar-refractivity contribution in [2.24, 2.45) is 4.99 Å². The molecule has 2 aromatic carbocycles. The van der Waals surface area contributed by atoms with Crippen molar-refractivity contribution in [2.75, 3.05) is 46.9 Å². The van der Waals surface area contributed by atoms with E-state index in [4.69, 9.17) is 9.47 Å². The molecule has 0 radical (unpaired) electrons. The Balaban J connectivity index is 1.37. The van der Waals surface area contributed by atoms with Crippen molar-refractivity contribution in [3.8, 4) is 11.5 Å². The van der Waals surface area contributed by atoms with Gasteiger partial charge in [0, 0.05) is 26.1 Å². The number of benzene rings is 2. The molecule has 0 bridgehead atoms. The smallest absolute Gasteiger partial charge is 0.191 e. The van der Waals surface area contributed by atoms with Crippen LogP contribution in [0.1, 0.15) is 42.3 Å². The van der Waals surface area contributed by atoms with E-state index in [1.54, 1.807) is 7.11 Å².